The monoisotopic (exact) mass is 540 g/mol. The Hall–Kier alpha value is -2.40. The summed E-state index contributed by atoms with van der Waals surface area (Å²) >= 11 is 0. The van der Waals surface area contributed by atoms with Crippen LogP contribution in [0.15, 0.2) is 48.6 Å². The van der Waals surface area contributed by atoms with E-state index in [1.54, 1.807) is 6.92 Å². The standard InChI is InChI=1S/C34H52O5/c1-5-6-7-10-28-13-15-29(16-14-28)11-8-9-12-30-17-19-31(20-18-30)21-22-32(24-38-33(36)26(2)3)25-39-34(37)27(4)23-35/h13-16,30-32,35H,2,4-12,17-25H2,1,3H3. The third-order valence-corrected chi connectivity index (χ3v) is 8.10. The van der Waals surface area contributed by atoms with Gasteiger partial charge in [-0.3, -0.25) is 0 Å². The molecule has 1 aliphatic carbocycles. The van der Waals surface area contributed by atoms with Crippen LogP contribution in [0.2, 0.25) is 0 Å². The predicted octanol–water partition coefficient (Wildman–Crippen LogP) is 7.55. The van der Waals surface area contributed by atoms with Crippen molar-refractivity contribution in [2.24, 2.45) is 17.8 Å². The zero-order valence-corrected chi connectivity index (χ0v) is 24.6. The van der Waals surface area contributed by atoms with Gasteiger partial charge in [0.1, 0.15) is 0 Å². The normalized spacial score (nSPS) is 17.8. The molecule has 1 aliphatic rings. The molecule has 0 saturated heterocycles. The molecule has 1 N–H and O–H groups in total. The van der Waals surface area contributed by atoms with Crippen molar-refractivity contribution in [3.8, 4) is 0 Å². The van der Waals surface area contributed by atoms with Gasteiger partial charge in [-0.1, -0.05) is 95.7 Å². The van der Waals surface area contributed by atoms with E-state index < -0.39 is 18.5 Å². The Morgan fingerprint density at radius 3 is 1.87 bits per heavy atom. The molecule has 5 nitrogen and oxygen atoms in total. The first-order chi connectivity index (χ1) is 18.8. The van der Waals surface area contributed by atoms with E-state index in [4.69, 9.17) is 14.6 Å². The van der Waals surface area contributed by atoms with E-state index in [2.05, 4.69) is 44.3 Å². The Balaban J connectivity index is 1.65. The first-order valence-corrected chi connectivity index (χ1v) is 15.2. The summed E-state index contributed by atoms with van der Waals surface area (Å²) < 4.78 is 10.7. The Morgan fingerprint density at radius 1 is 0.846 bits per heavy atom. The van der Waals surface area contributed by atoms with Gasteiger partial charge in [0.2, 0.25) is 0 Å². The van der Waals surface area contributed by atoms with Crippen LogP contribution >= 0.6 is 0 Å². The quantitative estimate of drug-likeness (QED) is 0.111. The average molecular weight is 541 g/mol. The summed E-state index contributed by atoms with van der Waals surface area (Å²) in [6, 6.07) is 9.28. The lowest BCUT2D eigenvalue weighted by atomic mass is 9.77. The number of ether oxygens (including phenoxy) is 2. The molecule has 1 fully saturated rings. The number of aliphatic hydroxyl groups excluding tert-OH is 1. The number of rotatable bonds is 19. The fourth-order valence-corrected chi connectivity index (χ4v) is 5.39. The smallest absolute Gasteiger partial charge is 0.335 e. The van der Waals surface area contributed by atoms with E-state index in [9.17, 15) is 9.59 Å². The lowest BCUT2D eigenvalue weighted by Crippen LogP contribution is -2.23. The number of aryl methyl sites for hydroxylation is 2. The molecular formula is C34H52O5. The third kappa shape index (κ3) is 13.5. The van der Waals surface area contributed by atoms with Gasteiger partial charge in [-0.25, -0.2) is 9.59 Å². The van der Waals surface area contributed by atoms with Crippen molar-refractivity contribution < 1.29 is 24.2 Å². The lowest BCUT2D eigenvalue weighted by Gasteiger charge is -2.29. The van der Waals surface area contributed by atoms with Crippen LogP contribution in [0.4, 0.5) is 0 Å². The van der Waals surface area contributed by atoms with Crippen LogP contribution in [0.1, 0.15) is 102 Å². The molecule has 218 valence electrons. The molecule has 1 atom stereocenters. The summed E-state index contributed by atoms with van der Waals surface area (Å²) in [5.74, 6) is 0.394. The van der Waals surface area contributed by atoms with E-state index in [1.165, 1.54) is 88.2 Å². The highest BCUT2D eigenvalue weighted by Gasteiger charge is 2.23. The minimum absolute atomic E-state index is 0.0294. The first kappa shape index (κ1) is 32.8. The second-order valence-corrected chi connectivity index (χ2v) is 11.6. The second-order valence-electron chi connectivity index (χ2n) is 11.6. The zero-order chi connectivity index (χ0) is 28.5. The van der Waals surface area contributed by atoms with Gasteiger partial charge in [-0.15, -0.1) is 0 Å². The number of unbranched alkanes of at least 4 members (excludes halogenated alkanes) is 3. The minimum atomic E-state index is -0.603. The lowest BCUT2D eigenvalue weighted by molar-refractivity contribution is -0.144. The van der Waals surface area contributed by atoms with E-state index in [0.717, 1.165) is 18.8 Å². The molecule has 0 bridgehead atoms. The van der Waals surface area contributed by atoms with Crippen molar-refractivity contribution in [1.82, 2.24) is 0 Å². The maximum atomic E-state index is 11.9. The summed E-state index contributed by atoms with van der Waals surface area (Å²) in [7, 11) is 0. The van der Waals surface area contributed by atoms with E-state index in [0.29, 0.717) is 11.5 Å². The number of esters is 2. The van der Waals surface area contributed by atoms with Gasteiger partial charge in [0.25, 0.3) is 0 Å². The van der Waals surface area contributed by atoms with Crippen LogP contribution in [-0.4, -0.2) is 36.9 Å². The molecule has 1 unspecified atom stereocenters. The summed E-state index contributed by atoms with van der Waals surface area (Å²) in [4.78, 5) is 23.8. The molecule has 0 radical (unpaired) electrons. The van der Waals surface area contributed by atoms with Crippen LogP contribution in [0.25, 0.3) is 0 Å². The second kappa shape index (κ2) is 18.8. The van der Waals surface area contributed by atoms with Gasteiger partial charge in [-0.2, -0.15) is 0 Å². The van der Waals surface area contributed by atoms with Crippen molar-refractivity contribution in [3.05, 3.63) is 59.7 Å². The highest BCUT2D eigenvalue weighted by atomic mass is 16.5. The van der Waals surface area contributed by atoms with Crippen molar-refractivity contribution >= 4 is 11.9 Å². The molecule has 1 aromatic carbocycles. The minimum Gasteiger partial charge on any atom is -0.462 e. The fraction of sp³-hybridized carbons (Fsp3) is 0.647. The van der Waals surface area contributed by atoms with Gasteiger partial charge in [0, 0.05) is 11.5 Å². The van der Waals surface area contributed by atoms with Gasteiger partial charge >= 0.3 is 11.9 Å². The SMILES string of the molecule is C=C(C)C(=O)OCC(CCC1CCC(CCCCc2ccc(CCCCC)cc2)CC1)COC(=O)C(=C)CO. The number of carbonyl (C=O) groups is 2. The molecule has 2 rings (SSSR count). The maximum Gasteiger partial charge on any atom is 0.335 e. The molecule has 1 saturated carbocycles. The third-order valence-electron chi connectivity index (χ3n) is 8.10. The van der Waals surface area contributed by atoms with Crippen LogP contribution in [0.3, 0.4) is 0 Å². The van der Waals surface area contributed by atoms with Crippen molar-refractivity contribution in [2.45, 2.75) is 104 Å². The summed E-state index contributed by atoms with van der Waals surface area (Å²) in [6.45, 7) is 10.9. The number of aliphatic hydroxyl groups is 1. The van der Waals surface area contributed by atoms with Crippen molar-refractivity contribution in [1.29, 1.82) is 0 Å². The predicted molar refractivity (Wildman–Crippen MR) is 158 cm³/mol. The highest BCUT2D eigenvalue weighted by molar-refractivity contribution is 5.88. The molecule has 0 aromatic heterocycles. The van der Waals surface area contributed by atoms with Crippen LogP contribution in [-0.2, 0) is 31.9 Å². The highest BCUT2D eigenvalue weighted by Crippen LogP contribution is 2.35. The van der Waals surface area contributed by atoms with Gasteiger partial charge < -0.3 is 14.6 Å². The first-order valence-electron chi connectivity index (χ1n) is 15.2. The molecule has 0 aliphatic heterocycles. The molecule has 0 heterocycles. The van der Waals surface area contributed by atoms with E-state index in [-0.39, 0.29) is 24.7 Å². The van der Waals surface area contributed by atoms with E-state index >= 15 is 0 Å². The van der Waals surface area contributed by atoms with Crippen molar-refractivity contribution in [3.63, 3.8) is 0 Å². The zero-order valence-electron chi connectivity index (χ0n) is 24.6. The number of benzene rings is 1. The van der Waals surface area contributed by atoms with Crippen molar-refractivity contribution in [2.75, 3.05) is 19.8 Å². The summed E-state index contributed by atoms with van der Waals surface area (Å²) in [5, 5.41) is 9.08. The Bertz CT molecular complexity index is 879. The van der Waals surface area contributed by atoms with Gasteiger partial charge in [0.15, 0.2) is 0 Å². The molecule has 5 heteroatoms. The van der Waals surface area contributed by atoms with Crippen LogP contribution in [0, 0.1) is 17.8 Å². The Kier molecular flexibility index (Phi) is 15.8. The van der Waals surface area contributed by atoms with Crippen LogP contribution in [0.5, 0.6) is 0 Å². The van der Waals surface area contributed by atoms with Gasteiger partial charge in [-0.05, 0) is 68.4 Å². The molecule has 1 aromatic rings. The van der Waals surface area contributed by atoms with E-state index in [1.807, 2.05) is 0 Å². The molecule has 0 spiro atoms. The number of carbonyl (C=O) groups excluding carboxylic acids is 2. The maximum absolute atomic E-state index is 11.9. The molecular weight excluding hydrogens is 488 g/mol. The largest absolute Gasteiger partial charge is 0.462 e. The number of hydrogen-bond donors (Lipinski definition) is 1. The van der Waals surface area contributed by atoms with Gasteiger partial charge in [0.05, 0.1) is 25.4 Å². The summed E-state index contributed by atoms with van der Waals surface area (Å²) in [5.41, 5.74) is 3.32. The Morgan fingerprint density at radius 2 is 1.36 bits per heavy atom. The molecule has 39 heavy (non-hydrogen) atoms. The Labute approximate surface area is 237 Å². The average Bonchev–Trinajstić information content (AvgIpc) is 2.95. The molecule has 0 amide bonds. The number of hydrogen-bond acceptors (Lipinski definition) is 5. The topological polar surface area (TPSA) is 72.8 Å². The van der Waals surface area contributed by atoms with Crippen LogP contribution < -0.4 is 0 Å². The summed E-state index contributed by atoms with van der Waals surface area (Å²) in [6.07, 6.45) is 17.1. The fourth-order valence-electron chi connectivity index (χ4n) is 5.39.